The Kier molecular flexibility index (Phi) is 6.15. The van der Waals surface area contributed by atoms with Gasteiger partial charge in [-0.2, -0.15) is 4.98 Å². The first-order valence-electron chi connectivity index (χ1n) is 13.0. The molecule has 2 unspecified atom stereocenters. The standard InChI is InChI=1S/C26H32N8O3/c1-32(2)26(36)37-22-11-17-13-29-25(31-23(17)34(22)18-5-3-4-6-18)30-21-10-7-16(12-28-21)24(35)33-19-8-9-20(33)15-27-14-19/h7,10-13,18-20,27H,3-6,8-9,14-15H2,1-2H3,(H,28,29,30,31). The fourth-order valence-corrected chi connectivity index (χ4v) is 5.79. The van der Waals surface area contributed by atoms with Gasteiger partial charge < -0.3 is 25.2 Å². The quantitative estimate of drug-likeness (QED) is 0.543. The summed E-state index contributed by atoms with van der Waals surface area (Å²) in [5, 5.41) is 7.37. The third kappa shape index (κ3) is 4.48. The van der Waals surface area contributed by atoms with Crippen LogP contribution in [0.5, 0.6) is 5.88 Å². The fraction of sp³-hybridized carbons (Fsp3) is 0.500. The molecule has 3 aromatic heterocycles. The lowest BCUT2D eigenvalue weighted by Crippen LogP contribution is -2.54. The number of aromatic nitrogens is 4. The number of anilines is 2. The first kappa shape index (κ1) is 23.7. The molecule has 2 amide bonds. The van der Waals surface area contributed by atoms with Gasteiger partial charge in [0.2, 0.25) is 11.8 Å². The van der Waals surface area contributed by atoms with Gasteiger partial charge in [-0.25, -0.2) is 14.8 Å². The van der Waals surface area contributed by atoms with Gasteiger partial charge in [0.1, 0.15) is 11.5 Å². The molecule has 11 nitrogen and oxygen atoms in total. The van der Waals surface area contributed by atoms with Gasteiger partial charge in [-0.1, -0.05) is 12.8 Å². The molecule has 5 heterocycles. The number of piperazine rings is 1. The molecule has 0 radical (unpaired) electrons. The van der Waals surface area contributed by atoms with E-state index in [1.54, 1.807) is 38.6 Å². The highest BCUT2D eigenvalue weighted by Crippen LogP contribution is 2.37. The van der Waals surface area contributed by atoms with E-state index in [0.29, 0.717) is 28.9 Å². The van der Waals surface area contributed by atoms with Crippen LogP contribution in [0.1, 0.15) is 54.9 Å². The van der Waals surface area contributed by atoms with Crippen LogP contribution < -0.4 is 15.4 Å². The highest BCUT2D eigenvalue weighted by molar-refractivity contribution is 5.95. The van der Waals surface area contributed by atoms with Gasteiger partial charge in [-0.15, -0.1) is 0 Å². The van der Waals surface area contributed by atoms with Crippen molar-refractivity contribution in [2.75, 3.05) is 32.5 Å². The number of amides is 2. The third-order valence-corrected chi connectivity index (χ3v) is 7.65. The minimum Gasteiger partial charge on any atom is -0.393 e. The summed E-state index contributed by atoms with van der Waals surface area (Å²) in [7, 11) is 3.32. The number of rotatable bonds is 5. The van der Waals surface area contributed by atoms with Gasteiger partial charge in [0, 0.05) is 69.2 Å². The molecule has 194 valence electrons. The SMILES string of the molecule is CN(C)C(=O)Oc1cc2cnc(Nc3ccc(C(=O)N4C5CCC4CNC5)cn3)nc2n1C1CCCC1. The van der Waals surface area contributed by atoms with E-state index in [9.17, 15) is 9.59 Å². The maximum Gasteiger partial charge on any atom is 0.415 e. The Morgan fingerprint density at radius 1 is 1.03 bits per heavy atom. The van der Waals surface area contributed by atoms with Gasteiger partial charge >= 0.3 is 6.09 Å². The van der Waals surface area contributed by atoms with Crippen molar-refractivity contribution in [3.8, 4) is 5.88 Å². The lowest BCUT2D eigenvalue weighted by atomic mass is 10.1. The van der Waals surface area contributed by atoms with Gasteiger partial charge in [0.05, 0.1) is 5.56 Å². The van der Waals surface area contributed by atoms with Crippen molar-refractivity contribution in [3.63, 3.8) is 0 Å². The van der Waals surface area contributed by atoms with Crippen LogP contribution in [0.4, 0.5) is 16.6 Å². The second-order valence-electron chi connectivity index (χ2n) is 10.3. The van der Waals surface area contributed by atoms with Crippen molar-refractivity contribution in [1.82, 2.24) is 34.6 Å². The lowest BCUT2D eigenvalue weighted by Gasteiger charge is -2.35. The Morgan fingerprint density at radius 2 is 1.78 bits per heavy atom. The van der Waals surface area contributed by atoms with Crippen molar-refractivity contribution in [2.24, 2.45) is 0 Å². The van der Waals surface area contributed by atoms with Crippen molar-refractivity contribution in [1.29, 1.82) is 0 Å². The summed E-state index contributed by atoms with van der Waals surface area (Å²) in [4.78, 5) is 42.5. The molecule has 0 spiro atoms. The normalized spacial score (nSPS) is 21.4. The van der Waals surface area contributed by atoms with Crippen LogP contribution >= 0.6 is 0 Å². The zero-order valence-electron chi connectivity index (χ0n) is 21.2. The van der Waals surface area contributed by atoms with Crippen molar-refractivity contribution >= 4 is 34.8 Å². The number of carbonyl (C=O) groups excluding carboxylic acids is 2. The average molecular weight is 505 g/mol. The molecule has 2 bridgehead atoms. The van der Waals surface area contributed by atoms with Crippen LogP contribution in [0.3, 0.4) is 0 Å². The third-order valence-electron chi connectivity index (χ3n) is 7.65. The molecule has 3 aromatic rings. The summed E-state index contributed by atoms with van der Waals surface area (Å²) < 4.78 is 7.70. The molecule has 3 fully saturated rings. The maximum atomic E-state index is 13.1. The first-order chi connectivity index (χ1) is 18.0. The van der Waals surface area contributed by atoms with Crippen molar-refractivity contribution in [2.45, 2.75) is 56.7 Å². The number of nitrogens with one attached hydrogen (secondary N) is 2. The number of hydrogen-bond acceptors (Lipinski definition) is 8. The number of carbonyl (C=O) groups is 2. The van der Waals surface area contributed by atoms with Gasteiger partial charge in [0.15, 0.2) is 0 Å². The topological polar surface area (TPSA) is 118 Å². The number of nitrogens with zero attached hydrogens (tertiary/aromatic N) is 6. The van der Waals surface area contributed by atoms with E-state index in [2.05, 4.69) is 20.6 Å². The monoisotopic (exact) mass is 504 g/mol. The van der Waals surface area contributed by atoms with Crippen LogP contribution in [0.15, 0.2) is 30.6 Å². The minimum atomic E-state index is -0.430. The molecule has 0 aromatic carbocycles. The Bertz CT molecular complexity index is 1300. The molecule has 6 rings (SSSR count). The lowest BCUT2D eigenvalue weighted by molar-refractivity contribution is 0.0619. The number of fused-ring (bicyclic) bond motifs is 3. The van der Waals surface area contributed by atoms with Crippen LogP contribution in [0, 0.1) is 0 Å². The molecular weight excluding hydrogens is 472 g/mol. The molecule has 3 aliphatic rings. The summed E-state index contributed by atoms with van der Waals surface area (Å²) in [5.41, 5.74) is 1.30. The summed E-state index contributed by atoms with van der Waals surface area (Å²) in [5.74, 6) is 1.47. The molecule has 1 saturated carbocycles. The van der Waals surface area contributed by atoms with E-state index < -0.39 is 6.09 Å². The van der Waals surface area contributed by atoms with E-state index in [4.69, 9.17) is 9.72 Å². The van der Waals surface area contributed by atoms with Gasteiger partial charge in [-0.3, -0.25) is 9.36 Å². The molecular formula is C26H32N8O3. The summed E-state index contributed by atoms with van der Waals surface area (Å²) >= 11 is 0. The second-order valence-corrected chi connectivity index (χ2v) is 10.3. The molecule has 2 N–H and O–H groups in total. The van der Waals surface area contributed by atoms with Crippen LogP contribution in [-0.2, 0) is 0 Å². The second kappa shape index (κ2) is 9.62. The van der Waals surface area contributed by atoms with Gasteiger partial charge in [0.25, 0.3) is 5.91 Å². The zero-order chi connectivity index (χ0) is 25.5. The zero-order valence-corrected chi connectivity index (χ0v) is 21.2. The Balaban J connectivity index is 1.23. The highest BCUT2D eigenvalue weighted by Gasteiger charge is 2.39. The number of pyridine rings is 1. The molecule has 2 saturated heterocycles. The van der Waals surface area contributed by atoms with Crippen molar-refractivity contribution < 1.29 is 14.3 Å². The van der Waals surface area contributed by atoms with E-state index in [-0.39, 0.29) is 24.0 Å². The fourth-order valence-electron chi connectivity index (χ4n) is 5.79. The largest absolute Gasteiger partial charge is 0.415 e. The summed E-state index contributed by atoms with van der Waals surface area (Å²) in [6, 6.07) is 6.15. The Hall–Kier alpha value is -3.73. The number of hydrogen-bond donors (Lipinski definition) is 2. The van der Waals surface area contributed by atoms with Crippen molar-refractivity contribution in [3.05, 3.63) is 36.2 Å². The van der Waals surface area contributed by atoms with E-state index in [1.165, 1.54) is 4.90 Å². The Morgan fingerprint density at radius 3 is 2.46 bits per heavy atom. The summed E-state index contributed by atoms with van der Waals surface area (Å²) in [6.45, 7) is 1.71. The van der Waals surface area contributed by atoms with Gasteiger partial charge in [-0.05, 0) is 37.8 Å². The molecule has 2 atom stereocenters. The van der Waals surface area contributed by atoms with E-state index >= 15 is 0 Å². The molecule has 37 heavy (non-hydrogen) atoms. The predicted molar refractivity (Wildman–Crippen MR) is 138 cm³/mol. The van der Waals surface area contributed by atoms with E-state index in [1.807, 2.05) is 15.5 Å². The van der Waals surface area contributed by atoms with Crippen LogP contribution in [0.2, 0.25) is 0 Å². The maximum absolute atomic E-state index is 13.1. The minimum absolute atomic E-state index is 0.0416. The molecule has 1 aliphatic carbocycles. The first-order valence-corrected chi connectivity index (χ1v) is 13.0. The highest BCUT2D eigenvalue weighted by atomic mass is 16.6. The number of ether oxygens (including phenoxy) is 1. The Labute approximate surface area is 215 Å². The average Bonchev–Trinajstić information content (AvgIpc) is 3.60. The molecule has 2 aliphatic heterocycles. The summed E-state index contributed by atoms with van der Waals surface area (Å²) in [6.07, 6.45) is 9.29. The predicted octanol–water partition coefficient (Wildman–Crippen LogP) is 3.32. The van der Waals surface area contributed by atoms with E-state index in [0.717, 1.165) is 57.0 Å². The molecule has 11 heteroatoms. The van der Waals surface area contributed by atoms with Crippen LogP contribution in [-0.4, -0.2) is 80.6 Å². The van der Waals surface area contributed by atoms with Crippen LogP contribution in [0.25, 0.3) is 11.0 Å². The smallest absolute Gasteiger partial charge is 0.393 e.